The third-order valence-electron chi connectivity index (χ3n) is 2.02. The van der Waals surface area contributed by atoms with E-state index in [1.165, 1.54) is 0 Å². The van der Waals surface area contributed by atoms with Gasteiger partial charge in [-0.2, -0.15) is 5.10 Å². The predicted molar refractivity (Wildman–Crippen MR) is 58.0 cm³/mol. The monoisotopic (exact) mass is 226 g/mol. The van der Waals surface area contributed by atoms with Gasteiger partial charge in [0.1, 0.15) is 5.82 Å². The Morgan fingerprint density at radius 3 is 3.07 bits per heavy atom. The van der Waals surface area contributed by atoms with Gasteiger partial charge < -0.3 is 4.57 Å². The van der Waals surface area contributed by atoms with Gasteiger partial charge in [0.2, 0.25) is 0 Å². The van der Waals surface area contributed by atoms with Gasteiger partial charge in [0.15, 0.2) is 4.77 Å². The fourth-order valence-electron chi connectivity index (χ4n) is 1.25. The van der Waals surface area contributed by atoms with E-state index in [1.54, 1.807) is 11.3 Å². The minimum Gasteiger partial charge on any atom is -0.304 e. The Hall–Kier alpha value is -1.01. The van der Waals surface area contributed by atoms with Crippen molar-refractivity contribution >= 4 is 23.6 Å². The zero-order chi connectivity index (χ0) is 9.97. The summed E-state index contributed by atoms with van der Waals surface area (Å²) in [5.41, 5.74) is 2.95. The van der Waals surface area contributed by atoms with Crippen molar-refractivity contribution in [1.82, 2.24) is 19.7 Å². The first-order valence-corrected chi connectivity index (χ1v) is 5.61. The van der Waals surface area contributed by atoms with Crippen LogP contribution in [0.5, 0.6) is 0 Å². The van der Waals surface area contributed by atoms with E-state index in [0.717, 1.165) is 24.5 Å². The second-order valence-corrected chi connectivity index (χ2v) is 4.06. The highest BCUT2D eigenvalue weighted by Crippen LogP contribution is 2.04. The molecule has 0 unspecified atom stereocenters. The van der Waals surface area contributed by atoms with Crippen molar-refractivity contribution in [3.05, 3.63) is 27.2 Å². The fraction of sp³-hybridized carbons (Fsp3) is 0.375. The van der Waals surface area contributed by atoms with Gasteiger partial charge >= 0.3 is 0 Å². The van der Waals surface area contributed by atoms with Gasteiger partial charge in [-0.3, -0.25) is 5.10 Å². The Morgan fingerprint density at radius 1 is 1.64 bits per heavy atom. The van der Waals surface area contributed by atoms with Crippen molar-refractivity contribution in [1.29, 1.82) is 0 Å². The summed E-state index contributed by atoms with van der Waals surface area (Å²) in [6.45, 7) is 2.78. The third kappa shape index (κ3) is 1.91. The molecule has 0 aliphatic heterocycles. The lowest BCUT2D eigenvalue weighted by Crippen LogP contribution is -2.03. The Kier molecular flexibility index (Phi) is 2.74. The van der Waals surface area contributed by atoms with E-state index in [4.69, 9.17) is 12.2 Å². The summed E-state index contributed by atoms with van der Waals surface area (Å²) in [7, 11) is 0. The van der Waals surface area contributed by atoms with E-state index in [2.05, 4.69) is 20.6 Å². The molecule has 0 spiro atoms. The van der Waals surface area contributed by atoms with Gasteiger partial charge in [-0.05, 0) is 19.1 Å². The molecule has 1 N–H and O–H groups in total. The average molecular weight is 226 g/mol. The molecule has 0 aliphatic rings. The zero-order valence-corrected chi connectivity index (χ0v) is 9.36. The lowest BCUT2D eigenvalue weighted by atomic mass is 10.3. The molecule has 74 valence electrons. The molecule has 0 saturated heterocycles. The number of hydrogen-bond donors (Lipinski definition) is 1. The summed E-state index contributed by atoms with van der Waals surface area (Å²) in [4.78, 5) is 4.22. The Bertz CT molecular complexity index is 454. The number of nitrogens with zero attached hydrogens (tertiary/aromatic N) is 3. The van der Waals surface area contributed by atoms with Crippen LogP contribution < -0.4 is 0 Å². The Balaban J connectivity index is 2.09. The van der Waals surface area contributed by atoms with E-state index in [0.29, 0.717) is 4.77 Å². The number of aryl methyl sites for hydroxylation is 2. The van der Waals surface area contributed by atoms with E-state index < -0.39 is 0 Å². The van der Waals surface area contributed by atoms with Gasteiger partial charge in [0, 0.05) is 18.3 Å². The maximum Gasteiger partial charge on any atom is 0.195 e. The quantitative estimate of drug-likeness (QED) is 0.814. The molecule has 4 nitrogen and oxygen atoms in total. The fourth-order valence-corrected chi connectivity index (χ4v) is 2.11. The summed E-state index contributed by atoms with van der Waals surface area (Å²) in [5.74, 6) is 0.922. The Morgan fingerprint density at radius 2 is 2.50 bits per heavy atom. The molecule has 0 saturated carbocycles. The van der Waals surface area contributed by atoms with Gasteiger partial charge in [0.05, 0.1) is 11.2 Å². The molecular formula is C8H10N4S2. The van der Waals surface area contributed by atoms with Crippen LogP contribution in [0.25, 0.3) is 0 Å². The molecule has 0 aliphatic carbocycles. The molecule has 0 aromatic carbocycles. The topological polar surface area (TPSA) is 46.5 Å². The molecule has 2 aromatic rings. The lowest BCUT2D eigenvalue weighted by molar-refractivity contribution is 0.658. The minimum absolute atomic E-state index is 0.678. The lowest BCUT2D eigenvalue weighted by Gasteiger charge is -2.01. The summed E-state index contributed by atoms with van der Waals surface area (Å²) < 4.78 is 2.66. The molecule has 2 heterocycles. The van der Waals surface area contributed by atoms with Crippen LogP contribution in [0, 0.1) is 11.7 Å². The highest BCUT2D eigenvalue weighted by atomic mass is 32.1. The SMILES string of the molecule is Cc1n[nH]c(=S)n1CCc1cscn1. The van der Waals surface area contributed by atoms with E-state index in [1.807, 2.05) is 17.0 Å². The molecule has 0 fully saturated rings. The molecule has 0 atom stereocenters. The first kappa shape index (κ1) is 9.54. The maximum absolute atomic E-state index is 5.09. The van der Waals surface area contributed by atoms with Crippen molar-refractivity contribution in [3.63, 3.8) is 0 Å². The van der Waals surface area contributed by atoms with Crippen LogP contribution in [0.15, 0.2) is 10.9 Å². The van der Waals surface area contributed by atoms with Crippen molar-refractivity contribution in [2.45, 2.75) is 19.9 Å². The van der Waals surface area contributed by atoms with Crippen LogP contribution in [-0.2, 0) is 13.0 Å². The number of nitrogens with one attached hydrogen (secondary N) is 1. The molecule has 2 rings (SSSR count). The van der Waals surface area contributed by atoms with Gasteiger partial charge in [-0.25, -0.2) is 4.98 Å². The average Bonchev–Trinajstić information content (AvgIpc) is 2.76. The Labute approximate surface area is 90.6 Å². The summed E-state index contributed by atoms with van der Waals surface area (Å²) in [5, 5.41) is 8.86. The molecule has 2 aromatic heterocycles. The third-order valence-corrected chi connectivity index (χ3v) is 2.97. The van der Waals surface area contributed by atoms with Gasteiger partial charge in [0.25, 0.3) is 0 Å². The molecule has 0 radical (unpaired) electrons. The van der Waals surface area contributed by atoms with Crippen LogP contribution in [0.3, 0.4) is 0 Å². The van der Waals surface area contributed by atoms with Crippen LogP contribution in [-0.4, -0.2) is 19.7 Å². The van der Waals surface area contributed by atoms with Crippen LogP contribution in [0.2, 0.25) is 0 Å². The second-order valence-electron chi connectivity index (χ2n) is 2.96. The number of thiazole rings is 1. The van der Waals surface area contributed by atoms with Crippen LogP contribution in [0.4, 0.5) is 0 Å². The van der Waals surface area contributed by atoms with Crippen LogP contribution >= 0.6 is 23.6 Å². The number of H-pyrrole nitrogens is 1. The highest BCUT2D eigenvalue weighted by molar-refractivity contribution is 7.71. The van der Waals surface area contributed by atoms with E-state index in [-0.39, 0.29) is 0 Å². The summed E-state index contributed by atoms with van der Waals surface area (Å²) >= 11 is 6.71. The zero-order valence-electron chi connectivity index (χ0n) is 7.73. The van der Waals surface area contributed by atoms with E-state index in [9.17, 15) is 0 Å². The maximum atomic E-state index is 5.09. The molecule has 0 amide bonds. The number of aromatic nitrogens is 4. The molecular weight excluding hydrogens is 216 g/mol. The second kappa shape index (κ2) is 4.02. The van der Waals surface area contributed by atoms with Crippen LogP contribution in [0.1, 0.15) is 11.5 Å². The smallest absolute Gasteiger partial charge is 0.195 e. The first-order chi connectivity index (χ1) is 6.77. The van der Waals surface area contributed by atoms with Gasteiger partial charge in [-0.15, -0.1) is 11.3 Å². The minimum atomic E-state index is 0.678. The molecule has 6 heteroatoms. The molecule has 0 bridgehead atoms. The largest absolute Gasteiger partial charge is 0.304 e. The summed E-state index contributed by atoms with van der Waals surface area (Å²) in [6.07, 6.45) is 0.901. The molecule has 14 heavy (non-hydrogen) atoms. The predicted octanol–water partition coefficient (Wildman–Crippen LogP) is 1.95. The highest BCUT2D eigenvalue weighted by Gasteiger charge is 2.01. The van der Waals surface area contributed by atoms with E-state index >= 15 is 0 Å². The first-order valence-electron chi connectivity index (χ1n) is 4.26. The number of hydrogen-bond acceptors (Lipinski definition) is 4. The van der Waals surface area contributed by atoms with Gasteiger partial charge in [-0.1, -0.05) is 0 Å². The normalized spacial score (nSPS) is 10.6. The number of rotatable bonds is 3. The van der Waals surface area contributed by atoms with Crippen molar-refractivity contribution in [2.24, 2.45) is 0 Å². The number of aromatic amines is 1. The summed E-state index contributed by atoms with van der Waals surface area (Å²) in [6, 6.07) is 0. The van der Waals surface area contributed by atoms with Crippen molar-refractivity contribution < 1.29 is 0 Å². The van der Waals surface area contributed by atoms with Crippen molar-refractivity contribution in [2.75, 3.05) is 0 Å². The standard InChI is InChI=1S/C8H10N4S2/c1-6-10-11-8(13)12(6)3-2-7-4-14-5-9-7/h4-5H,2-3H2,1H3,(H,11,13). The van der Waals surface area contributed by atoms with Crippen molar-refractivity contribution in [3.8, 4) is 0 Å².